The first-order valence-corrected chi connectivity index (χ1v) is 8.86. The predicted octanol–water partition coefficient (Wildman–Crippen LogP) is 3.68. The van der Waals surface area contributed by atoms with Crippen LogP contribution in [0.15, 0.2) is 15.2 Å². The lowest BCUT2D eigenvalue weighted by Crippen LogP contribution is -2.38. The molecule has 2 rings (SSSR count). The van der Waals surface area contributed by atoms with E-state index in [1.807, 2.05) is 11.8 Å². The molecule has 0 aromatic carbocycles. The van der Waals surface area contributed by atoms with Crippen LogP contribution in [-0.4, -0.2) is 30.8 Å². The fourth-order valence-corrected chi connectivity index (χ4v) is 4.44. The third kappa shape index (κ3) is 3.70. The van der Waals surface area contributed by atoms with Gasteiger partial charge in [0.15, 0.2) is 0 Å². The van der Waals surface area contributed by atoms with Gasteiger partial charge in [-0.1, -0.05) is 6.92 Å². The molecule has 0 saturated carbocycles. The maximum atomic E-state index is 5.92. The summed E-state index contributed by atoms with van der Waals surface area (Å²) in [5, 5.41) is 7.99. The average molecular weight is 336 g/mol. The van der Waals surface area contributed by atoms with Crippen LogP contribution < -0.4 is 5.32 Å². The van der Waals surface area contributed by atoms with Crippen LogP contribution in [0.5, 0.6) is 0 Å². The van der Waals surface area contributed by atoms with Gasteiger partial charge in [-0.05, 0) is 39.8 Å². The van der Waals surface area contributed by atoms with Crippen molar-refractivity contribution in [3.63, 3.8) is 0 Å². The first kappa shape index (κ1) is 13.9. The highest BCUT2D eigenvalue weighted by Crippen LogP contribution is 2.32. The molecule has 1 aliphatic rings. The van der Waals surface area contributed by atoms with E-state index < -0.39 is 0 Å². The van der Waals surface area contributed by atoms with Gasteiger partial charge in [-0.25, -0.2) is 0 Å². The molecule has 2 atom stereocenters. The third-order valence-electron chi connectivity index (χ3n) is 2.81. The number of ether oxygens (including phenoxy) is 1. The summed E-state index contributed by atoms with van der Waals surface area (Å²) in [5.74, 6) is 2.21. The molecule has 2 heterocycles. The van der Waals surface area contributed by atoms with Crippen LogP contribution in [0.1, 0.15) is 24.9 Å². The molecule has 0 aliphatic carbocycles. The Hall–Kier alpha value is 0.450. The van der Waals surface area contributed by atoms with Crippen LogP contribution in [-0.2, 0) is 4.74 Å². The minimum absolute atomic E-state index is 0.297. The highest BCUT2D eigenvalue weighted by Gasteiger charge is 2.27. The summed E-state index contributed by atoms with van der Waals surface area (Å²) < 4.78 is 7.12. The van der Waals surface area contributed by atoms with Crippen molar-refractivity contribution in [2.45, 2.75) is 25.5 Å². The van der Waals surface area contributed by atoms with E-state index in [9.17, 15) is 0 Å². The molecule has 0 bridgehead atoms. The van der Waals surface area contributed by atoms with E-state index >= 15 is 0 Å². The van der Waals surface area contributed by atoms with Crippen molar-refractivity contribution >= 4 is 39.0 Å². The Balaban J connectivity index is 2.09. The largest absolute Gasteiger partial charge is 0.375 e. The second-order valence-electron chi connectivity index (χ2n) is 4.09. The van der Waals surface area contributed by atoms with E-state index in [2.05, 4.69) is 38.9 Å². The molecule has 0 radical (unpaired) electrons. The standard InChI is InChI=1S/C12H18BrNOS2/c1-2-3-14-12(9-6-17-7-10(9)13)11-8-16-5-4-15-11/h6-7,11-12,14H,2-5,8H2,1H3. The Morgan fingerprint density at radius 2 is 2.47 bits per heavy atom. The molecule has 1 N–H and O–H groups in total. The Bertz CT molecular complexity index is 339. The van der Waals surface area contributed by atoms with E-state index in [1.165, 1.54) is 10.0 Å². The van der Waals surface area contributed by atoms with Gasteiger partial charge >= 0.3 is 0 Å². The van der Waals surface area contributed by atoms with E-state index in [-0.39, 0.29) is 0 Å². The number of halogens is 1. The van der Waals surface area contributed by atoms with Gasteiger partial charge < -0.3 is 10.1 Å². The summed E-state index contributed by atoms with van der Waals surface area (Å²) in [4.78, 5) is 0. The molecule has 96 valence electrons. The quantitative estimate of drug-likeness (QED) is 0.886. The first-order chi connectivity index (χ1) is 8.33. The fraction of sp³-hybridized carbons (Fsp3) is 0.667. The summed E-state index contributed by atoms with van der Waals surface area (Å²) in [6.45, 7) is 4.11. The van der Waals surface area contributed by atoms with Gasteiger partial charge in [0.25, 0.3) is 0 Å². The van der Waals surface area contributed by atoms with Crippen molar-refractivity contribution in [2.75, 3.05) is 24.7 Å². The molecule has 1 aromatic heterocycles. The number of hydrogen-bond acceptors (Lipinski definition) is 4. The minimum atomic E-state index is 0.297. The summed E-state index contributed by atoms with van der Waals surface area (Å²) in [5.41, 5.74) is 1.34. The van der Waals surface area contributed by atoms with E-state index in [0.29, 0.717) is 12.1 Å². The summed E-state index contributed by atoms with van der Waals surface area (Å²) >= 11 is 7.37. The molecule has 2 unspecified atom stereocenters. The zero-order chi connectivity index (χ0) is 12.1. The van der Waals surface area contributed by atoms with Crippen LogP contribution in [0, 0.1) is 0 Å². The molecule has 1 aliphatic heterocycles. The lowest BCUT2D eigenvalue weighted by atomic mass is 10.1. The third-order valence-corrected chi connectivity index (χ3v) is 5.58. The van der Waals surface area contributed by atoms with E-state index in [1.54, 1.807) is 11.3 Å². The number of nitrogens with one attached hydrogen (secondary N) is 1. The van der Waals surface area contributed by atoms with E-state index in [0.717, 1.165) is 31.1 Å². The monoisotopic (exact) mass is 335 g/mol. The van der Waals surface area contributed by atoms with Gasteiger partial charge in [-0.15, -0.1) is 0 Å². The number of rotatable bonds is 5. The predicted molar refractivity (Wildman–Crippen MR) is 80.1 cm³/mol. The van der Waals surface area contributed by atoms with Crippen LogP contribution in [0.4, 0.5) is 0 Å². The zero-order valence-electron chi connectivity index (χ0n) is 9.95. The molecule has 5 heteroatoms. The normalized spacial score (nSPS) is 22.6. The molecule has 0 spiro atoms. The van der Waals surface area contributed by atoms with Crippen LogP contribution in [0.3, 0.4) is 0 Å². The lowest BCUT2D eigenvalue weighted by Gasteiger charge is -2.31. The van der Waals surface area contributed by atoms with Crippen LogP contribution >= 0.6 is 39.0 Å². The molecular weight excluding hydrogens is 318 g/mol. The Labute approximate surface area is 120 Å². The molecule has 1 saturated heterocycles. The number of hydrogen-bond donors (Lipinski definition) is 1. The van der Waals surface area contributed by atoms with Crippen molar-refractivity contribution in [3.8, 4) is 0 Å². The van der Waals surface area contributed by atoms with E-state index in [4.69, 9.17) is 4.74 Å². The zero-order valence-corrected chi connectivity index (χ0v) is 13.2. The summed E-state index contributed by atoms with van der Waals surface area (Å²) in [7, 11) is 0. The van der Waals surface area contributed by atoms with Gasteiger partial charge in [0.05, 0.1) is 18.8 Å². The topological polar surface area (TPSA) is 21.3 Å². The van der Waals surface area contributed by atoms with Gasteiger partial charge in [0, 0.05) is 21.4 Å². The smallest absolute Gasteiger partial charge is 0.0860 e. The van der Waals surface area contributed by atoms with Crippen LogP contribution in [0.2, 0.25) is 0 Å². The number of thiophene rings is 1. The van der Waals surface area contributed by atoms with Crippen molar-refractivity contribution in [1.29, 1.82) is 0 Å². The van der Waals surface area contributed by atoms with Crippen molar-refractivity contribution < 1.29 is 4.74 Å². The molecule has 0 amide bonds. The van der Waals surface area contributed by atoms with Crippen molar-refractivity contribution in [3.05, 3.63) is 20.8 Å². The molecule has 2 nitrogen and oxygen atoms in total. The van der Waals surface area contributed by atoms with Gasteiger partial charge in [-0.2, -0.15) is 23.1 Å². The van der Waals surface area contributed by atoms with Gasteiger partial charge in [-0.3, -0.25) is 0 Å². The highest BCUT2D eigenvalue weighted by atomic mass is 79.9. The number of thioether (sulfide) groups is 1. The molecule has 1 aromatic rings. The van der Waals surface area contributed by atoms with Crippen molar-refractivity contribution in [2.24, 2.45) is 0 Å². The SMILES string of the molecule is CCCNC(c1cscc1Br)C1CSCCO1. The summed E-state index contributed by atoms with van der Waals surface area (Å²) in [6.07, 6.45) is 1.45. The highest BCUT2D eigenvalue weighted by molar-refractivity contribution is 9.10. The maximum absolute atomic E-state index is 5.92. The fourth-order valence-electron chi connectivity index (χ4n) is 1.95. The van der Waals surface area contributed by atoms with Gasteiger partial charge in [0.1, 0.15) is 0 Å². The molecule has 17 heavy (non-hydrogen) atoms. The van der Waals surface area contributed by atoms with Gasteiger partial charge in [0.2, 0.25) is 0 Å². The van der Waals surface area contributed by atoms with Crippen LogP contribution in [0.25, 0.3) is 0 Å². The first-order valence-electron chi connectivity index (χ1n) is 5.97. The second kappa shape index (κ2) is 7.14. The molecule has 1 fully saturated rings. The second-order valence-corrected chi connectivity index (χ2v) is 6.84. The Kier molecular flexibility index (Phi) is 5.83. The molecular formula is C12H18BrNOS2. The maximum Gasteiger partial charge on any atom is 0.0860 e. The average Bonchev–Trinajstić information content (AvgIpc) is 2.78. The van der Waals surface area contributed by atoms with Crippen molar-refractivity contribution in [1.82, 2.24) is 5.32 Å². The Morgan fingerprint density at radius 3 is 3.06 bits per heavy atom. The Morgan fingerprint density at radius 1 is 1.59 bits per heavy atom. The minimum Gasteiger partial charge on any atom is -0.375 e. The summed E-state index contributed by atoms with van der Waals surface area (Å²) in [6, 6.07) is 0.323. The lowest BCUT2D eigenvalue weighted by molar-refractivity contribution is 0.0467.